The monoisotopic (exact) mass is 401 g/mol. The summed E-state index contributed by atoms with van der Waals surface area (Å²) in [6.07, 6.45) is 11.3. The lowest BCUT2D eigenvalue weighted by Gasteiger charge is -2.48. The highest BCUT2D eigenvalue weighted by atomic mass is 32.2. The third kappa shape index (κ3) is 7.23. The molecule has 0 spiro atoms. The minimum atomic E-state index is -3.10. The molecule has 8 heteroatoms. The number of guanidine groups is 1. The molecule has 0 unspecified atom stereocenters. The molecule has 0 aromatic rings. The van der Waals surface area contributed by atoms with Crippen molar-refractivity contribution in [2.75, 3.05) is 45.5 Å². The Morgan fingerprint density at radius 1 is 1.00 bits per heavy atom. The Morgan fingerprint density at radius 3 is 2.30 bits per heavy atom. The number of nitrogens with one attached hydrogen (secondary N) is 3. The lowest BCUT2D eigenvalue weighted by Crippen LogP contribution is -2.59. The van der Waals surface area contributed by atoms with Gasteiger partial charge in [0.2, 0.25) is 10.0 Å². The summed E-state index contributed by atoms with van der Waals surface area (Å²) in [7, 11) is -1.31. The molecule has 0 aromatic carbocycles. The molecular formula is C19H39N5O2S. The highest BCUT2D eigenvalue weighted by Gasteiger charge is 2.38. The first-order valence-corrected chi connectivity index (χ1v) is 12.3. The first-order chi connectivity index (χ1) is 13.0. The fraction of sp³-hybridized carbons (Fsp3) is 0.947. The van der Waals surface area contributed by atoms with Gasteiger partial charge in [0.15, 0.2) is 5.96 Å². The molecule has 1 heterocycles. The van der Waals surface area contributed by atoms with E-state index in [2.05, 4.69) is 25.2 Å². The van der Waals surface area contributed by atoms with Gasteiger partial charge in [-0.15, -0.1) is 0 Å². The van der Waals surface area contributed by atoms with Crippen LogP contribution >= 0.6 is 0 Å². The summed E-state index contributed by atoms with van der Waals surface area (Å²) < 4.78 is 25.5. The van der Waals surface area contributed by atoms with Gasteiger partial charge in [0, 0.05) is 32.2 Å². The zero-order valence-corrected chi connectivity index (χ0v) is 18.0. The average Bonchev–Trinajstić information content (AvgIpc) is 2.71. The first kappa shape index (κ1) is 22.4. The van der Waals surface area contributed by atoms with E-state index < -0.39 is 10.0 Å². The molecule has 1 saturated carbocycles. The minimum absolute atomic E-state index is 0.127. The van der Waals surface area contributed by atoms with Crippen molar-refractivity contribution in [2.45, 2.75) is 70.3 Å². The van der Waals surface area contributed by atoms with Crippen LogP contribution < -0.4 is 15.4 Å². The Kier molecular flexibility index (Phi) is 9.32. The van der Waals surface area contributed by atoms with Crippen LogP contribution in [0.3, 0.4) is 0 Å². The summed E-state index contributed by atoms with van der Waals surface area (Å²) in [4.78, 5) is 7.08. The zero-order chi connectivity index (χ0) is 19.6. The van der Waals surface area contributed by atoms with Crippen LogP contribution in [0, 0.1) is 0 Å². The number of nitrogens with zero attached hydrogens (tertiary/aromatic N) is 2. The highest BCUT2D eigenvalue weighted by molar-refractivity contribution is 7.89. The molecule has 3 N–H and O–H groups in total. The number of rotatable bonds is 9. The molecule has 0 bridgehead atoms. The van der Waals surface area contributed by atoms with Gasteiger partial charge in [-0.25, -0.2) is 13.1 Å². The maximum atomic E-state index is 11.4. The molecule has 7 nitrogen and oxygen atoms in total. The molecule has 1 aliphatic carbocycles. The van der Waals surface area contributed by atoms with E-state index in [9.17, 15) is 8.42 Å². The Balaban J connectivity index is 1.78. The van der Waals surface area contributed by atoms with Gasteiger partial charge in [-0.3, -0.25) is 9.89 Å². The Morgan fingerprint density at radius 2 is 1.67 bits per heavy atom. The standard InChI is InChI=1S/C19H39N5O2S/c1-3-27(25,26)23-14-10-13-21-18(20-2)22-17-19(11-6-4-7-12-19)24-15-8-5-9-16-24/h23H,3-17H2,1-2H3,(H2,20,21,22). The van der Waals surface area contributed by atoms with Crippen molar-refractivity contribution in [1.29, 1.82) is 0 Å². The van der Waals surface area contributed by atoms with Crippen LogP contribution in [0.4, 0.5) is 0 Å². The molecule has 27 heavy (non-hydrogen) atoms. The molecule has 2 rings (SSSR count). The van der Waals surface area contributed by atoms with Crippen LogP contribution in [0.25, 0.3) is 0 Å². The first-order valence-electron chi connectivity index (χ1n) is 10.7. The maximum absolute atomic E-state index is 11.4. The van der Waals surface area contributed by atoms with Gasteiger partial charge in [-0.1, -0.05) is 25.7 Å². The van der Waals surface area contributed by atoms with Crippen LogP contribution in [0.15, 0.2) is 4.99 Å². The van der Waals surface area contributed by atoms with E-state index in [0.717, 1.165) is 18.9 Å². The van der Waals surface area contributed by atoms with Gasteiger partial charge in [0.05, 0.1) is 5.75 Å². The SMILES string of the molecule is CCS(=O)(=O)NCCCNC(=NC)NCC1(N2CCCCC2)CCCCC1. The smallest absolute Gasteiger partial charge is 0.211 e. The van der Waals surface area contributed by atoms with Gasteiger partial charge >= 0.3 is 0 Å². The largest absolute Gasteiger partial charge is 0.356 e. The molecule has 0 radical (unpaired) electrons. The van der Waals surface area contributed by atoms with Crippen molar-refractivity contribution < 1.29 is 8.42 Å². The maximum Gasteiger partial charge on any atom is 0.211 e. The van der Waals surface area contributed by atoms with Crippen LogP contribution in [0.1, 0.15) is 64.7 Å². The average molecular weight is 402 g/mol. The van der Waals surface area contributed by atoms with Gasteiger partial charge in [0.25, 0.3) is 0 Å². The van der Waals surface area contributed by atoms with E-state index in [1.807, 2.05) is 0 Å². The second-order valence-corrected chi connectivity index (χ2v) is 9.93. The van der Waals surface area contributed by atoms with Crippen molar-refractivity contribution >= 4 is 16.0 Å². The molecule has 0 amide bonds. The number of hydrogen-bond donors (Lipinski definition) is 3. The van der Waals surface area contributed by atoms with Crippen molar-refractivity contribution in [1.82, 2.24) is 20.3 Å². The predicted octanol–water partition coefficient (Wildman–Crippen LogP) is 1.67. The van der Waals surface area contributed by atoms with Gasteiger partial charge in [-0.05, 0) is 52.1 Å². The van der Waals surface area contributed by atoms with Crippen LogP contribution in [0.5, 0.6) is 0 Å². The number of likely N-dealkylation sites (tertiary alicyclic amines) is 1. The van der Waals surface area contributed by atoms with Gasteiger partial charge < -0.3 is 10.6 Å². The molecular weight excluding hydrogens is 362 g/mol. The molecule has 1 aliphatic heterocycles. The predicted molar refractivity (Wildman–Crippen MR) is 113 cm³/mol. The van der Waals surface area contributed by atoms with E-state index in [4.69, 9.17) is 0 Å². The number of sulfonamides is 1. The molecule has 1 saturated heterocycles. The summed E-state index contributed by atoms with van der Waals surface area (Å²) in [6, 6.07) is 0. The van der Waals surface area contributed by atoms with Crippen molar-refractivity contribution in [3.63, 3.8) is 0 Å². The van der Waals surface area contributed by atoms with Crippen molar-refractivity contribution in [2.24, 2.45) is 4.99 Å². The summed E-state index contributed by atoms with van der Waals surface area (Å²) in [5.74, 6) is 0.942. The third-order valence-corrected chi connectivity index (χ3v) is 7.37. The lowest BCUT2D eigenvalue weighted by molar-refractivity contribution is 0.0368. The topological polar surface area (TPSA) is 85.8 Å². The molecule has 2 aliphatic rings. The fourth-order valence-electron chi connectivity index (χ4n) is 4.28. The normalized spacial score (nSPS) is 21.8. The molecule has 0 atom stereocenters. The molecule has 2 fully saturated rings. The summed E-state index contributed by atoms with van der Waals surface area (Å²) >= 11 is 0. The Bertz CT molecular complexity index is 552. The van der Waals surface area contributed by atoms with E-state index >= 15 is 0 Å². The summed E-state index contributed by atoms with van der Waals surface area (Å²) in [5.41, 5.74) is 0.271. The minimum Gasteiger partial charge on any atom is -0.356 e. The summed E-state index contributed by atoms with van der Waals surface area (Å²) in [6.45, 7) is 6.20. The number of hydrogen-bond acceptors (Lipinski definition) is 4. The van der Waals surface area contributed by atoms with E-state index in [-0.39, 0.29) is 11.3 Å². The van der Waals surface area contributed by atoms with Gasteiger partial charge in [-0.2, -0.15) is 0 Å². The van der Waals surface area contributed by atoms with E-state index in [1.54, 1.807) is 14.0 Å². The third-order valence-electron chi connectivity index (χ3n) is 5.97. The van der Waals surface area contributed by atoms with Crippen LogP contribution in [-0.4, -0.2) is 70.3 Å². The van der Waals surface area contributed by atoms with Gasteiger partial charge in [0.1, 0.15) is 0 Å². The van der Waals surface area contributed by atoms with E-state index in [1.165, 1.54) is 64.5 Å². The Labute approximate surface area is 165 Å². The highest BCUT2D eigenvalue weighted by Crippen LogP contribution is 2.35. The quantitative estimate of drug-likeness (QED) is 0.311. The Hall–Kier alpha value is -0.860. The van der Waals surface area contributed by atoms with Crippen LogP contribution in [0.2, 0.25) is 0 Å². The summed E-state index contributed by atoms with van der Waals surface area (Å²) in [5, 5.41) is 6.87. The van der Waals surface area contributed by atoms with Crippen molar-refractivity contribution in [3.8, 4) is 0 Å². The van der Waals surface area contributed by atoms with E-state index in [0.29, 0.717) is 13.1 Å². The number of aliphatic imine (C=N–C) groups is 1. The van der Waals surface area contributed by atoms with Crippen molar-refractivity contribution in [3.05, 3.63) is 0 Å². The second-order valence-electron chi connectivity index (χ2n) is 7.84. The molecule has 0 aromatic heterocycles. The lowest BCUT2D eigenvalue weighted by atomic mass is 9.79. The molecule has 158 valence electrons. The zero-order valence-electron chi connectivity index (χ0n) is 17.2. The number of piperidine rings is 1. The fourth-order valence-corrected chi connectivity index (χ4v) is 4.94. The van der Waals surface area contributed by atoms with Crippen LogP contribution in [-0.2, 0) is 10.0 Å². The second kappa shape index (κ2) is 11.2.